The van der Waals surface area contributed by atoms with E-state index in [9.17, 15) is 19.8 Å². The molecule has 3 heterocycles. The Morgan fingerprint density at radius 1 is 1.00 bits per heavy atom. The predicted octanol–water partition coefficient (Wildman–Crippen LogP) is 6.50. The van der Waals surface area contributed by atoms with Crippen molar-refractivity contribution >= 4 is 60.2 Å². The fourth-order valence-electron chi connectivity index (χ4n) is 3.71. The Labute approximate surface area is 264 Å². The van der Waals surface area contributed by atoms with E-state index in [1.807, 2.05) is 21.8 Å². The summed E-state index contributed by atoms with van der Waals surface area (Å²) in [6, 6.07) is 1.66. The summed E-state index contributed by atoms with van der Waals surface area (Å²) < 4.78 is 13.0. The van der Waals surface area contributed by atoms with Gasteiger partial charge < -0.3 is 10.2 Å². The number of rotatable bonds is 6. The Balaban J connectivity index is 0.000000206. The molecule has 3 fully saturated rings. The summed E-state index contributed by atoms with van der Waals surface area (Å²) in [5, 5.41) is 28.1. The number of halogens is 3. The molecule has 10 nitrogen and oxygen atoms in total. The maximum Gasteiger partial charge on any atom is 0.348 e. The molecular weight excluding hydrogens is 712 g/mol. The summed E-state index contributed by atoms with van der Waals surface area (Å²) in [6.07, 6.45) is 8.95. The lowest BCUT2D eigenvalue weighted by Crippen LogP contribution is -2.37. The average molecular weight is 756 g/mol. The molecule has 0 bridgehead atoms. The maximum atomic E-state index is 11.2. The molecule has 2 aromatic rings. The van der Waals surface area contributed by atoms with Gasteiger partial charge in [0.05, 0.1) is 72.4 Å². The van der Waals surface area contributed by atoms with Crippen molar-refractivity contribution in [1.82, 2.24) is 27.4 Å². The number of carbonyl (C=O) groups is 2. The van der Waals surface area contributed by atoms with Gasteiger partial charge >= 0.3 is 6.03 Å². The highest BCUT2D eigenvalue weighted by Crippen LogP contribution is 2.42. The van der Waals surface area contributed by atoms with Gasteiger partial charge in [-0.15, -0.1) is 0 Å². The fraction of sp³-hybridized carbons (Fsp3) is 0.704. The van der Waals surface area contributed by atoms with Gasteiger partial charge in [0.2, 0.25) is 0 Å². The van der Waals surface area contributed by atoms with Crippen LogP contribution in [-0.4, -0.2) is 66.3 Å². The number of nitrogens with zero attached hydrogens (tertiary/aromatic N) is 6. The molecular formula is C27H43Br3N6O4. The van der Waals surface area contributed by atoms with E-state index in [1.165, 1.54) is 35.3 Å². The van der Waals surface area contributed by atoms with Crippen LogP contribution in [0.2, 0.25) is 0 Å². The maximum absolute atomic E-state index is 11.2. The summed E-state index contributed by atoms with van der Waals surface area (Å²) >= 11 is 9.35. The van der Waals surface area contributed by atoms with Crippen molar-refractivity contribution in [3.05, 3.63) is 34.3 Å². The van der Waals surface area contributed by atoms with E-state index < -0.39 is 22.8 Å². The van der Waals surface area contributed by atoms with Gasteiger partial charge in [0, 0.05) is 25.6 Å². The van der Waals surface area contributed by atoms with Crippen LogP contribution in [0.25, 0.3) is 0 Å². The molecule has 0 aromatic carbocycles. The molecule has 1 aliphatic heterocycles. The molecule has 40 heavy (non-hydrogen) atoms. The minimum atomic E-state index is -0.805. The first kappa shape index (κ1) is 33.2. The molecule has 1 saturated heterocycles. The number of imide groups is 1. The molecule has 2 N–H and O–H groups in total. The molecule has 5 rings (SSSR count). The number of hydrogen-bond donors (Lipinski definition) is 2. The zero-order valence-electron chi connectivity index (χ0n) is 25.4. The van der Waals surface area contributed by atoms with Crippen molar-refractivity contribution in [2.24, 2.45) is 0 Å². The van der Waals surface area contributed by atoms with Crippen molar-refractivity contribution in [2.45, 2.75) is 123 Å². The first-order valence-corrected chi connectivity index (χ1v) is 15.5. The van der Waals surface area contributed by atoms with Gasteiger partial charge in [0.15, 0.2) is 0 Å². The van der Waals surface area contributed by atoms with Crippen molar-refractivity contribution < 1.29 is 21.2 Å². The van der Waals surface area contributed by atoms with Crippen LogP contribution < -0.4 is 0 Å². The second kappa shape index (κ2) is 13.8. The second-order valence-corrected chi connectivity index (χ2v) is 14.2. The topological polar surface area (TPSA) is 117 Å². The smallest absolute Gasteiger partial charge is 0.348 e. The molecule has 0 unspecified atom stereocenters. The Morgan fingerprint density at radius 2 is 1.50 bits per heavy atom. The summed E-state index contributed by atoms with van der Waals surface area (Å²) in [6.45, 7) is 13.9. The zero-order valence-corrected chi connectivity index (χ0v) is 29.1. The monoisotopic (exact) mass is 753 g/mol. The van der Waals surface area contributed by atoms with E-state index in [2.05, 4.69) is 64.5 Å². The van der Waals surface area contributed by atoms with Crippen molar-refractivity contribution in [2.75, 3.05) is 0 Å². The summed E-state index contributed by atoms with van der Waals surface area (Å²) in [7, 11) is 0. The van der Waals surface area contributed by atoms with Gasteiger partial charge in [0.25, 0.3) is 5.91 Å². The standard InChI is InChI=1S/C10H15BrN2O.C10H16N2O.C5H6Br2N2O2.C2H6/c1-10(2,14)6-13-5-8(11)9(12-13)7-3-4-7;1-10(2,13)7-12-6-5-9(11-12)8-3-4-8;1-5(2)3(10)8(6)4(11)9(5)7;1-2/h5,7,14H,3-4,6H2,1-2H3;5-6,8,13H,3-4,7H2,1-2H3;1-2H3;1-2H3/i;;;1D. The zero-order chi connectivity index (χ0) is 31.3. The van der Waals surface area contributed by atoms with Crippen LogP contribution in [0.3, 0.4) is 0 Å². The van der Waals surface area contributed by atoms with E-state index in [0.717, 1.165) is 14.1 Å². The van der Waals surface area contributed by atoms with Gasteiger partial charge in [-0.2, -0.15) is 14.1 Å². The molecule has 0 radical (unpaired) electrons. The van der Waals surface area contributed by atoms with Gasteiger partial charge in [-0.05, 0) is 89.2 Å². The van der Waals surface area contributed by atoms with E-state index in [-0.39, 0.29) is 5.91 Å². The average Bonchev–Trinajstić information content (AvgIpc) is 3.77. The Morgan fingerprint density at radius 3 is 1.88 bits per heavy atom. The molecule has 2 saturated carbocycles. The number of amides is 3. The molecule has 3 aliphatic rings. The van der Waals surface area contributed by atoms with E-state index in [4.69, 9.17) is 1.37 Å². The Kier molecular flexibility index (Phi) is 11.5. The number of urea groups is 1. The highest BCUT2D eigenvalue weighted by Gasteiger charge is 2.50. The minimum absolute atomic E-state index is 0.278. The molecule has 0 atom stereocenters. The predicted molar refractivity (Wildman–Crippen MR) is 166 cm³/mol. The van der Waals surface area contributed by atoms with Gasteiger partial charge in [0.1, 0.15) is 5.54 Å². The number of hydrogen-bond acceptors (Lipinski definition) is 6. The van der Waals surface area contributed by atoms with E-state index in [1.54, 1.807) is 48.5 Å². The van der Waals surface area contributed by atoms with Crippen LogP contribution in [0.5, 0.6) is 0 Å². The summed E-state index contributed by atoms with van der Waals surface area (Å²) in [5.41, 5.74) is 0.151. The second-order valence-electron chi connectivity index (χ2n) is 11.9. The number of aromatic nitrogens is 4. The summed E-state index contributed by atoms with van der Waals surface area (Å²) in [5.74, 6) is 1.06. The lowest BCUT2D eigenvalue weighted by molar-refractivity contribution is -0.127. The van der Waals surface area contributed by atoms with Gasteiger partial charge in [-0.25, -0.2) is 8.72 Å². The van der Waals surface area contributed by atoms with Gasteiger partial charge in [-0.1, -0.05) is 13.8 Å². The largest absolute Gasteiger partial charge is 0.389 e. The molecule has 2 aromatic heterocycles. The lowest BCUT2D eigenvalue weighted by atomic mass is 10.1. The number of carbonyl (C=O) groups excluding carboxylic acids is 2. The summed E-state index contributed by atoms with van der Waals surface area (Å²) in [4.78, 5) is 22.3. The Hall–Kier alpha value is -1.28. The van der Waals surface area contributed by atoms with Crippen molar-refractivity contribution in [3.8, 4) is 0 Å². The lowest BCUT2D eigenvalue weighted by Gasteiger charge is -2.19. The molecule has 226 valence electrons. The van der Waals surface area contributed by atoms with Crippen LogP contribution in [0.15, 0.2) is 22.9 Å². The minimum Gasteiger partial charge on any atom is -0.389 e. The number of aliphatic hydroxyl groups is 2. The van der Waals surface area contributed by atoms with Crippen LogP contribution >= 0.6 is 48.2 Å². The SMILES string of the molecule is CC(C)(O)Cn1cc(Br)c(C2CC2)n1.CC(C)(O)Cn1ccc(C2CC2)n1.CC1(C)C(=O)N(Br)C(=O)N1Br.[2H]CC. The highest BCUT2D eigenvalue weighted by atomic mass is 79.9. The van der Waals surface area contributed by atoms with E-state index in [0.29, 0.717) is 31.8 Å². The molecule has 0 spiro atoms. The fourth-order valence-corrected chi connectivity index (χ4v) is 5.46. The Bertz CT molecular complexity index is 1170. The van der Waals surface area contributed by atoms with Crippen LogP contribution in [0, 0.1) is 0 Å². The molecule has 2 aliphatic carbocycles. The van der Waals surface area contributed by atoms with Crippen LogP contribution in [0.1, 0.15) is 106 Å². The molecule has 3 amide bonds. The third-order valence-corrected chi connectivity index (χ3v) is 8.42. The first-order valence-electron chi connectivity index (χ1n) is 14.0. The van der Waals surface area contributed by atoms with Crippen molar-refractivity contribution in [1.29, 1.82) is 0 Å². The quantitative estimate of drug-likeness (QED) is 0.257. The van der Waals surface area contributed by atoms with Crippen LogP contribution in [0.4, 0.5) is 4.79 Å². The van der Waals surface area contributed by atoms with E-state index >= 15 is 0 Å². The first-order chi connectivity index (χ1) is 18.8. The third kappa shape index (κ3) is 10.2. The third-order valence-electron chi connectivity index (χ3n) is 5.99. The van der Waals surface area contributed by atoms with Crippen LogP contribution in [-0.2, 0) is 17.9 Å². The van der Waals surface area contributed by atoms with Gasteiger partial charge in [-0.3, -0.25) is 14.2 Å². The molecule has 13 heteroatoms. The highest BCUT2D eigenvalue weighted by molar-refractivity contribution is 9.10. The van der Waals surface area contributed by atoms with Crippen molar-refractivity contribution in [3.63, 3.8) is 0 Å². The normalized spacial score (nSPS) is 18.8.